The van der Waals surface area contributed by atoms with Gasteiger partial charge in [0.25, 0.3) is 10.0 Å². The summed E-state index contributed by atoms with van der Waals surface area (Å²) in [5, 5.41) is -0.0795. The van der Waals surface area contributed by atoms with Gasteiger partial charge in [0.2, 0.25) is 0 Å². The maximum atomic E-state index is 12.2. The number of aryl methyl sites for hydroxylation is 2. The molecule has 9 heteroatoms. The molecule has 7 nitrogen and oxygen atoms in total. The molecule has 0 amide bonds. The number of anilines is 1. The Morgan fingerprint density at radius 2 is 1.81 bits per heavy atom. The number of aromatic nitrogens is 2. The van der Waals surface area contributed by atoms with E-state index in [0.717, 1.165) is 6.26 Å². The molecule has 0 fully saturated rings. The van der Waals surface area contributed by atoms with Crippen LogP contribution in [0.4, 0.5) is 5.69 Å². The van der Waals surface area contributed by atoms with Gasteiger partial charge in [0.05, 0.1) is 16.8 Å². The highest BCUT2D eigenvalue weighted by Crippen LogP contribution is 2.22. The summed E-state index contributed by atoms with van der Waals surface area (Å²) in [6.45, 7) is 3.32. The molecule has 0 saturated carbocycles. The molecule has 1 aromatic heterocycles. The molecule has 0 spiro atoms. The van der Waals surface area contributed by atoms with Crippen LogP contribution in [-0.2, 0) is 19.9 Å². The maximum absolute atomic E-state index is 12.2. The average Bonchev–Trinajstić information content (AvgIpc) is 2.78. The van der Waals surface area contributed by atoms with Gasteiger partial charge in [-0.25, -0.2) is 13.4 Å². The lowest BCUT2D eigenvalue weighted by molar-refractivity contribution is 0.596. The second kappa shape index (κ2) is 5.15. The van der Waals surface area contributed by atoms with Crippen LogP contribution in [0.5, 0.6) is 0 Å². The fourth-order valence-electron chi connectivity index (χ4n) is 1.68. The van der Waals surface area contributed by atoms with Crippen molar-refractivity contribution in [2.24, 2.45) is 0 Å². The van der Waals surface area contributed by atoms with Crippen molar-refractivity contribution < 1.29 is 16.8 Å². The first kappa shape index (κ1) is 15.5. The summed E-state index contributed by atoms with van der Waals surface area (Å²) in [5.74, 6) is 0.469. The number of nitrogens with zero attached hydrogens (tertiary/aromatic N) is 1. The fourth-order valence-corrected chi connectivity index (χ4v) is 3.42. The van der Waals surface area contributed by atoms with E-state index in [1.165, 1.54) is 18.3 Å². The molecule has 1 aromatic carbocycles. The molecule has 0 radical (unpaired) electrons. The predicted octanol–water partition coefficient (Wildman–Crippen LogP) is 1.23. The molecule has 1 heterocycles. The Labute approximate surface area is 123 Å². The summed E-state index contributed by atoms with van der Waals surface area (Å²) < 4.78 is 49.8. The van der Waals surface area contributed by atoms with Crippen LogP contribution in [0.15, 0.2) is 34.3 Å². The molecule has 114 valence electrons. The summed E-state index contributed by atoms with van der Waals surface area (Å²) in [6.07, 6.45) is 2.27. The monoisotopic (exact) mass is 329 g/mol. The molecule has 2 N–H and O–H groups in total. The van der Waals surface area contributed by atoms with Gasteiger partial charge in [0.1, 0.15) is 5.82 Å². The van der Waals surface area contributed by atoms with Gasteiger partial charge in [-0.1, -0.05) is 6.07 Å². The van der Waals surface area contributed by atoms with Crippen molar-refractivity contribution in [2.75, 3.05) is 11.0 Å². The van der Waals surface area contributed by atoms with E-state index < -0.39 is 19.9 Å². The number of H-pyrrole nitrogens is 1. The zero-order valence-corrected chi connectivity index (χ0v) is 13.3. The molecule has 0 aliphatic carbocycles. The molecule has 0 unspecified atom stereocenters. The van der Waals surface area contributed by atoms with Gasteiger partial charge < -0.3 is 4.98 Å². The predicted molar refractivity (Wildman–Crippen MR) is 78.4 cm³/mol. The van der Waals surface area contributed by atoms with Gasteiger partial charge in [0.15, 0.2) is 14.9 Å². The van der Waals surface area contributed by atoms with E-state index in [2.05, 4.69) is 14.7 Å². The third-order valence-electron chi connectivity index (χ3n) is 2.85. The highest BCUT2D eigenvalue weighted by molar-refractivity contribution is 7.92. The van der Waals surface area contributed by atoms with E-state index in [9.17, 15) is 16.8 Å². The van der Waals surface area contributed by atoms with E-state index in [1.807, 2.05) is 0 Å². The van der Waals surface area contributed by atoms with Gasteiger partial charge in [0, 0.05) is 6.26 Å². The van der Waals surface area contributed by atoms with Crippen molar-refractivity contribution in [3.05, 3.63) is 35.8 Å². The normalized spacial score (nSPS) is 12.3. The Morgan fingerprint density at radius 3 is 2.33 bits per heavy atom. The molecule has 2 rings (SSSR count). The number of hydrogen-bond donors (Lipinski definition) is 2. The van der Waals surface area contributed by atoms with Crippen LogP contribution < -0.4 is 4.72 Å². The molecular formula is C12H15N3O4S2. The minimum Gasteiger partial charge on any atom is -0.332 e. The quantitative estimate of drug-likeness (QED) is 0.877. The lowest BCUT2D eigenvalue weighted by atomic mass is 10.2. The number of rotatable bonds is 4. The molecule has 2 aromatic rings. The fraction of sp³-hybridized carbons (Fsp3) is 0.250. The van der Waals surface area contributed by atoms with Gasteiger partial charge in [-0.05, 0) is 31.5 Å². The van der Waals surface area contributed by atoms with Gasteiger partial charge in [-0.15, -0.1) is 0 Å². The highest BCUT2D eigenvalue weighted by Gasteiger charge is 2.19. The topological polar surface area (TPSA) is 109 Å². The van der Waals surface area contributed by atoms with Crippen LogP contribution >= 0.6 is 0 Å². The summed E-state index contributed by atoms with van der Waals surface area (Å²) in [7, 11) is -7.25. The van der Waals surface area contributed by atoms with Crippen molar-refractivity contribution >= 4 is 25.5 Å². The van der Waals surface area contributed by atoms with Crippen molar-refractivity contribution in [2.45, 2.75) is 23.8 Å². The van der Waals surface area contributed by atoms with E-state index in [-0.39, 0.29) is 15.6 Å². The molecule has 0 bridgehead atoms. The third kappa shape index (κ3) is 3.42. The standard InChI is InChI=1S/C12H15N3O4S2/c1-8-4-5-10(20(3,16)17)6-11(8)15-21(18,19)12-7-13-9(2)14-12/h4-7,15H,1-3H3,(H,13,14). The van der Waals surface area contributed by atoms with Crippen molar-refractivity contribution in [3.63, 3.8) is 0 Å². The zero-order valence-electron chi connectivity index (χ0n) is 11.7. The molecular weight excluding hydrogens is 314 g/mol. The van der Waals surface area contributed by atoms with Crippen LogP contribution in [0.1, 0.15) is 11.4 Å². The van der Waals surface area contributed by atoms with Crippen molar-refractivity contribution in [3.8, 4) is 0 Å². The first-order valence-electron chi connectivity index (χ1n) is 5.95. The average molecular weight is 329 g/mol. The Hall–Kier alpha value is -1.87. The Balaban J connectivity index is 2.44. The van der Waals surface area contributed by atoms with E-state index in [4.69, 9.17) is 0 Å². The molecule has 0 atom stereocenters. The smallest absolute Gasteiger partial charge is 0.278 e. The van der Waals surface area contributed by atoms with Crippen LogP contribution in [0.3, 0.4) is 0 Å². The number of imidazole rings is 1. The minimum atomic E-state index is -3.84. The number of hydrogen-bond acceptors (Lipinski definition) is 5. The lowest BCUT2D eigenvalue weighted by Gasteiger charge is -2.10. The molecule has 21 heavy (non-hydrogen) atoms. The summed E-state index contributed by atoms with van der Waals surface area (Å²) >= 11 is 0. The zero-order chi connectivity index (χ0) is 15.8. The molecule has 0 saturated heterocycles. The van der Waals surface area contributed by atoms with Crippen LogP contribution in [0.2, 0.25) is 0 Å². The SMILES string of the molecule is Cc1ncc(S(=O)(=O)Nc2cc(S(C)(=O)=O)ccc2C)[nH]1. The Kier molecular flexibility index (Phi) is 3.81. The second-order valence-electron chi connectivity index (χ2n) is 4.69. The number of sulfonamides is 1. The first-order chi connectivity index (χ1) is 9.59. The number of nitrogens with one attached hydrogen (secondary N) is 2. The highest BCUT2D eigenvalue weighted by atomic mass is 32.2. The number of aromatic amines is 1. The molecule has 0 aliphatic rings. The summed E-state index contributed by atoms with van der Waals surface area (Å²) in [6, 6.07) is 4.28. The van der Waals surface area contributed by atoms with E-state index >= 15 is 0 Å². The van der Waals surface area contributed by atoms with Gasteiger partial charge in [-0.2, -0.15) is 8.42 Å². The summed E-state index contributed by atoms with van der Waals surface area (Å²) in [4.78, 5) is 6.50. The van der Waals surface area contributed by atoms with Crippen molar-refractivity contribution in [1.29, 1.82) is 0 Å². The maximum Gasteiger partial charge on any atom is 0.278 e. The van der Waals surface area contributed by atoms with E-state index in [0.29, 0.717) is 11.4 Å². The Morgan fingerprint density at radius 1 is 1.14 bits per heavy atom. The van der Waals surface area contributed by atoms with E-state index in [1.54, 1.807) is 19.9 Å². The summed E-state index contributed by atoms with van der Waals surface area (Å²) in [5.41, 5.74) is 0.826. The van der Waals surface area contributed by atoms with Gasteiger partial charge >= 0.3 is 0 Å². The number of sulfone groups is 1. The van der Waals surface area contributed by atoms with Crippen LogP contribution in [0.25, 0.3) is 0 Å². The Bertz CT molecular complexity index is 883. The van der Waals surface area contributed by atoms with Crippen LogP contribution in [-0.4, -0.2) is 33.1 Å². The lowest BCUT2D eigenvalue weighted by Crippen LogP contribution is -2.14. The van der Waals surface area contributed by atoms with Crippen molar-refractivity contribution in [1.82, 2.24) is 9.97 Å². The second-order valence-corrected chi connectivity index (χ2v) is 8.35. The number of benzene rings is 1. The third-order valence-corrected chi connectivity index (χ3v) is 5.24. The van der Waals surface area contributed by atoms with Crippen LogP contribution in [0, 0.1) is 13.8 Å². The molecule has 0 aliphatic heterocycles. The van der Waals surface area contributed by atoms with Gasteiger partial charge in [-0.3, -0.25) is 4.72 Å². The first-order valence-corrected chi connectivity index (χ1v) is 9.32. The largest absolute Gasteiger partial charge is 0.332 e. The minimum absolute atomic E-state index is 0.0478.